The predicted molar refractivity (Wildman–Crippen MR) is 129 cm³/mol. The summed E-state index contributed by atoms with van der Waals surface area (Å²) in [7, 11) is 0. The molecule has 0 aliphatic carbocycles. The molecule has 1 amide bonds. The van der Waals surface area contributed by atoms with Crippen molar-refractivity contribution in [3.05, 3.63) is 77.7 Å². The summed E-state index contributed by atoms with van der Waals surface area (Å²) in [5.41, 5.74) is 2.59. The molecule has 4 heterocycles. The van der Waals surface area contributed by atoms with Gasteiger partial charge in [-0.1, -0.05) is 28.9 Å². The smallest absolute Gasteiger partial charge is 0.261 e. The fourth-order valence-corrected chi connectivity index (χ4v) is 4.27. The first kappa shape index (κ1) is 22.0. The Bertz CT molecular complexity index is 1270. The van der Waals surface area contributed by atoms with Gasteiger partial charge in [0.05, 0.1) is 5.56 Å². The highest BCUT2D eigenvalue weighted by molar-refractivity contribution is 6.30. The van der Waals surface area contributed by atoms with Crippen LogP contribution in [0.4, 0.5) is 5.82 Å². The average Bonchev–Trinajstić information content (AvgIpc) is 3.38. The molecular weight excluding hydrogens is 452 g/mol. The first-order chi connectivity index (χ1) is 16.7. The van der Waals surface area contributed by atoms with E-state index in [0.717, 1.165) is 35.3 Å². The number of piperidine rings is 1. The van der Waals surface area contributed by atoms with E-state index in [-0.39, 0.29) is 11.8 Å². The highest BCUT2D eigenvalue weighted by Gasteiger charge is 2.27. The number of nitrogens with zero attached hydrogens (tertiary/aromatic N) is 5. The molecule has 9 heteroatoms. The second-order valence-corrected chi connectivity index (χ2v) is 8.58. The maximum absolute atomic E-state index is 12.7. The number of rotatable bonds is 6. The molecule has 0 bridgehead atoms. The lowest BCUT2D eigenvalue weighted by Gasteiger charge is -2.32. The summed E-state index contributed by atoms with van der Waals surface area (Å²) < 4.78 is 5.57. The fraction of sp³-hybridized carbons (Fsp3) is 0.240. The Morgan fingerprint density at radius 2 is 1.91 bits per heavy atom. The van der Waals surface area contributed by atoms with Crippen molar-refractivity contribution in [3.63, 3.8) is 0 Å². The van der Waals surface area contributed by atoms with E-state index in [1.807, 2.05) is 36.4 Å². The normalized spacial score (nSPS) is 14.2. The zero-order valence-corrected chi connectivity index (χ0v) is 19.2. The molecule has 1 aliphatic heterocycles. The number of hydrogen-bond donors (Lipinski definition) is 1. The highest BCUT2D eigenvalue weighted by atomic mass is 35.5. The van der Waals surface area contributed by atoms with Crippen molar-refractivity contribution in [2.75, 3.05) is 18.0 Å². The SMILES string of the molecule is O=C(NCc1ccncc1)C1CCN(c2ncccc2-c2nc(-c3cccc(Cl)c3)no2)CC1. The molecule has 3 aromatic heterocycles. The molecule has 0 radical (unpaired) electrons. The van der Waals surface area contributed by atoms with E-state index in [0.29, 0.717) is 36.4 Å². The highest BCUT2D eigenvalue weighted by Crippen LogP contribution is 2.32. The van der Waals surface area contributed by atoms with Crippen LogP contribution in [0.5, 0.6) is 0 Å². The van der Waals surface area contributed by atoms with E-state index in [1.165, 1.54) is 0 Å². The Labute approximate surface area is 202 Å². The minimum Gasteiger partial charge on any atom is -0.356 e. The van der Waals surface area contributed by atoms with Gasteiger partial charge in [0.1, 0.15) is 5.82 Å². The van der Waals surface area contributed by atoms with E-state index < -0.39 is 0 Å². The molecule has 0 atom stereocenters. The molecule has 0 spiro atoms. The Balaban J connectivity index is 1.25. The molecule has 1 N–H and O–H groups in total. The number of carbonyl (C=O) groups is 1. The standard InChI is InChI=1S/C25H23ClN6O2/c26-20-4-1-3-19(15-20)22-30-25(34-31-22)21-5-2-10-28-23(21)32-13-8-18(9-14-32)24(33)29-16-17-6-11-27-12-7-17/h1-7,10-12,15,18H,8-9,13-14,16H2,(H,29,33). The number of anilines is 1. The summed E-state index contributed by atoms with van der Waals surface area (Å²) in [4.78, 5) is 28.0. The second-order valence-electron chi connectivity index (χ2n) is 8.14. The van der Waals surface area contributed by atoms with Crippen LogP contribution in [0.25, 0.3) is 22.8 Å². The molecule has 1 aromatic carbocycles. The number of nitrogens with one attached hydrogen (secondary N) is 1. The Morgan fingerprint density at radius 1 is 1.09 bits per heavy atom. The van der Waals surface area contributed by atoms with Crippen LogP contribution >= 0.6 is 11.6 Å². The number of aromatic nitrogens is 4. The van der Waals surface area contributed by atoms with E-state index in [4.69, 9.17) is 16.1 Å². The number of pyridine rings is 2. The lowest BCUT2D eigenvalue weighted by atomic mass is 9.95. The van der Waals surface area contributed by atoms with Crippen molar-refractivity contribution in [2.24, 2.45) is 5.92 Å². The van der Waals surface area contributed by atoms with E-state index in [2.05, 4.69) is 30.3 Å². The Morgan fingerprint density at radius 3 is 2.71 bits per heavy atom. The lowest BCUT2D eigenvalue weighted by Crippen LogP contribution is -2.40. The summed E-state index contributed by atoms with van der Waals surface area (Å²) in [6, 6.07) is 14.9. The van der Waals surface area contributed by atoms with Crippen LogP contribution in [0, 0.1) is 5.92 Å². The van der Waals surface area contributed by atoms with Crippen LogP contribution in [0.2, 0.25) is 5.02 Å². The van der Waals surface area contributed by atoms with Gasteiger partial charge in [0.25, 0.3) is 5.89 Å². The minimum atomic E-state index is -0.0249. The van der Waals surface area contributed by atoms with E-state index in [1.54, 1.807) is 30.7 Å². The zero-order valence-electron chi connectivity index (χ0n) is 18.4. The van der Waals surface area contributed by atoms with Gasteiger partial charge in [-0.3, -0.25) is 9.78 Å². The van der Waals surface area contributed by atoms with Gasteiger partial charge in [0.15, 0.2) is 0 Å². The van der Waals surface area contributed by atoms with E-state index in [9.17, 15) is 4.79 Å². The molecule has 5 rings (SSSR count). The monoisotopic (exact) mass is 474 g/mol. The number of hydrogen-bond acceptors (Lipinski definition) is 7. The van der Waals surface area contributed by atoms with Crippen molar-refractivity contribution in [1.82, 2.24) is 25.4 Å². The van der Waals surface area contributed by atoms with Crippen molar-refractivity contribution >= 4 is 23.3 Å². The average molecular weight is 475 g/mol. The molecule has 34 heavy (non-hydrogen) atoms. The molecular formula is C25H23ClN6O2. The third kappa shape index (κ3) is 4.92. The Kier molecular flexibility index (Phi) is 6.49. The second kappa shape index (κ2) is 10.0. The molecule has 4 aromatic rings. The van der Waals surface area contributed by atoms with Crippen molar-refractivity contribution in [2.45, 2.75) is 19.4 Å². The van der Waals surface area contributed by atoms with Gasteiger partial charge in [-0.2, -0.15) is 4.98 Å². The lowest BCUT2D eigenvalue weighted by molar-refractivity contribution is -0.125. The maximum Gasteiger partial charge on any atom is 0.261 e. The summed E-state index contributed by atoms with van der Waals surface area (Å²) in [5, 5.41) is 7.77. The first-order valence-corrected chi connectivity index (χ1v) is 11.5. The summed E-state index contributed by atoms with van der Waals surface area (Å²) in [5.74, 6) is 1.70. The third-order valence-corrected chi connectivity index (χ3v) is 6.14. The van der Waals surface area contributed by atoms with Gasteiger partial charge >= 0.3 is 0 Å². The predicted octanol–water partition coefficient (Wildman–Crippen LogP) is 4.38. The van der Waals surface area contributed by atoms with Crippen LogP contribution in [0.3, 0.4) is 0 Å². The summed E-state index contributed by atoms with van der Waals surface area (Å²) >= 11 is 6.10. The van der Waals surface area contributed by atoms with Crippen molar-refractivity contribution in [1.29, 1.82) is 0 Å². The van der Waals surface area contributed by atoms with Gasteiger partial charge in [-0.05, 0) is 54.8 Å². The van der Waals surface area contributed by atoms with Crippen LogP contribution in [-0.4, -0.2) is 39.1 Å². The number of amides is 1. The van der Waals surface area contributed by atoms with Crippen LogP contribution < -0.4 is 10.2 Å². The topological polar surface area (TPSA) is 97.0 Å². The Hall–Kier alpha value is -3.78. The van der Waals surface area contributed by atoms with Crippen LogP contribution in [-0.2, 0) is 11.3 Å². The minimum absolute atomic E-state index is 0.0249. The third-order valence-electron chi connectivity index (χ3n) is 5.91. The molecule has 1 aliphatic rings. The van der Waals surface area contributed by atoms with Gasteiger partial charge in [-0.15, -0.1) is 0 Å². The molecule has 0 saturated carbocycles. The van der Waals surface area contributed by atoms with Crippen molar-refractivity contribution in [3.8, 4) is 22.8 Å². The quantitative estimate of drug-likeness (QED) is 0.443. The van der Waals surface area contributed by atoms with Gasteiger partial charge in [-0.25, -0.2) is 4.98 Å². The first-order valence-electron chi connectivity index (χ1n) is 11.1. The van der Waals surface area contributed by atoms with Gasteiger partial charge in [0.2, 0.25) is 11.7 Å². The molecule has 172 valence electrons. The fourth-order valence-electron chi connectivity index (χ4n) is 4.08. The number of carbonyl (C=O) groups excluding carboxylic acids is 1. The molecule has 1 fully saturated rings. The molecule has 1 saturated heterocycles. The van der Waals surface area contributed by atoms with Crippen molar-refractivity contribution < 1.29 is 9.32 Å². The zero-order chi connectivity index (χ0) is 23.3. The summed E-state index contributed by atoms with van der Waals surface area (Å²) in [6.45, 7) is 1.94. The van der Waals surface area contributed by atoms with Crippen LogP contribution in [0.1, 0.15) is 18.4 Å². The largest absolute Gasteiger partial charge is 0.356 e. The summed E-state index contributed by atoms with van der Waals surface area (Å²) in [6.07, 6.45) is 6.70. The van der Waals surface area contributed by atoms with Gasteiger partial charge < -0.3 is 14.7 Å². The number of benzene rings is 1. The number of halogens is 1. The van der Waals surface area contributed by atoms with E-state index >= 15 is 0 Å². The molecule has 8 nitrogen and oxygen atoms in total. The van der Waals surface area contributed by atoms with Crippen LogP contribution in [0.15, 0.2) is 71.6 Å². The van der Waals surface area contributed by atoms with Gasteiger partial charge in [0, 0.05) is 54.7 Å². The maximum atomic E-state index is 12.7. The molecule has 0 unspecified atom stereocenters.